The summed E-state index contributed by atoms with van der Waals surface area (Å²) in [5.41, 5.74) is 6.98. The first-order chi connectivity index (χ1) is 19.0. The van der Waals surface area contributed by atoms with E-state index in [1.165, 1.54) is 18.3 Å². The summed E-state index contributed by atoms with van der Waals surface area (Å²) in [6.07, 6.45) is -3.26. The molecule has 2 aromatic heterocycles. The highest BCUT2D eigenvalue weighted by molar-refractivity contribution is 8.23. The summed E-state index contributed by atoms with van der Waals surface area (Å²) >= 11 is 0. The summed E-state index contributed by atoms with van der Waals surface area (Å²) in [6.45, 7) is 0.327. The number of hydrogen-bond donors (Lipinski definition) is 5. The Bertz CT molecular complexity index is 1790. The molecule has 1 amide bonds. The van der Waals surface area contributed by atoms with E-state index in [2.05, 4.69) is 20.1 Å². The van der Waals surface area contributed by atoms with E-state index in [0.717, 1.165) is 15.6 Å². The molecule has 0 saturated heterocycles. The number of anilines is 2. The first kappa shape index (κ1) is 25.8. The molecule has 3 heterocycles. The maximum absolute atomic E-state index is 13.6. The van der Waals surface area contributed by atoms with Crippen molar-refractivity contribution in [2.45, 2.75) is 17.6 Å². The van der Waals surface area contributed by atoms with E-state index in [-0.39, 0.29) is 17.2 Å². The Balaban J connectivity index is 1.33. The quantitative estimate of drug-likeness (QED) is 0.178. The fourth-order valence-corrected chi connectivity index (χ4v) is 6.15. The molecule has 0 aliphatic carbocycles. The molecular weight excluding hydrogens is 545 g/mol. The van der Waals surface area contributed by atoms with Gasteiger partial charge in [0, 0.05) is 35.4 Å². The van der Waals surface area contributed by atoms with Gasteiger partial charge in [0.25, 0.3) is 5.91 Å². The van der Waals surface area contributed by atoms with Crippen molar-refractivity contribution in [3.8, 4) is 16.8 Å². The fourth-order valence-electron chi connectivity index (χ4n) is 4.66. The molecule has 9 nitrogen and oxygen atoms in total. The van der Waals surface area contributed by atoms with Crippen LogP contribution in [0.25, 0.3) is 27.6 Å². The summed E-state index contributed by atoms with van der Waals surface area (Å²) in [5, 5.41) is 7.52. The molecule has 0 bridgehead atoms. The van der Waals surface area contributed by atoms with Gasteiger partial charge in [0.2, 0.25) is 0 Å². The zero-order chi connectivity index (χ0) is 28.2. The number of carbonyl (C=O) groups is 1. The molecule has 13 heteroatoms. The number of nitrogens with one attached hydrogen (secondary N) is 2. The van der Waals surface area contributed by atoms with Gasteiger partial charge in [-0.25, -0.2) is 14.4 Å². The molecule has 5 aromatic rings. The molecule has 3 aromatic carbocycles. The van der Waals surface area contributed by atoms with Gasteiger partial charge in [-0.2, -0.15) is 18.3 Å². The van der Waals surface area contributed by atoms with Gasteiger partial charge in [-0.05, 0) is 46.8 Å². The van der Waals surface area contributed by atoms with Crippen LogP contribution in [0.4, 0.5) is 24.7 Å². The lowest BCUT2D eigenvalue weighted by Crippen LogP contribution is -2.17. The molecule has 1 aliphatic rings. The number of benzene rings is 3. The van der Waals surface area contributed by atoms with Gasteiger partial charge in [0.1, 0.15) is 11.5 Å². The minimum atomic E-state index is -4.78. The average molecular weight is 567 g/mol. The molecule has 0 radical (unpaired) electrons. The highest BCUT2D eigenvalue weighted by Gasteiger charge is 2.36. The number of halogens is 3. The number of rotatable bonds is 4. The van der Waals surface area contributed by atoms with Crippen LogP contribution in [0, 0.1) is 0 Å². The maximum atomic E-state index is 13.6. The zero-order valence-electron chi connectivity index (χ0n) is 20.5. The fraction of sp³-hybridized carbons (Fsp3) is 0.0741. The van der Waals surface area contributed by atoms with Crippen LogP contribution in [0.5, 0.6) is 0 Å². The summed E-state index contributed by atoms with van der Waals surface area (Å²) in [6, 6.07) is 19.0. The largest absolute Gasteiger partial charge is 0.435 e. The van der Waals surface area contributed by atoms with Gasteiger partial charge in [0.15, 0.2) is 5.69 Å². The first-order valence-corrected chi connectivity index (χ1v) is 13.4. The van der Waals surface area contributed by atoms with Crippen LogP contribution < -0.4 is 15.8 Å². The third-order valence-electron chi connectivity index (χ3n) is 6.56. The van der Waals surface area contributed by atoms with Gasteiger partial charge in [-0.15, -0.1) is 10.8 Å². The lowest BCUT2D eigenvalue weighted by Gasteiger charge is -2.29. The predicted octanol–water partition coefficient (Wildman–Crippen LogP) is 6.07. The van der Waals surface area contributed by atoms with E-state index in [1.54, 1.807) is 48.5 Å². The van der Waals surface area contributed by atoms with Gasteiger partial charge < -0.3 is 11.1 Å². The molecule has 1 aliphatic heterocycles. The molecule has 204 valence electrons. The molecule has 0 spiro atoms. The van der Waals surface area contributed by atoms with Crippen molar-refractivity contribution >= 4 is 39.0 Å². The number of alkyl halides is 3. The highest BCUT2D eigenvalue weighted by atomic mass is 32.3. The van der Waals surface area contributed by atoms with Crippen molar-refractivity contribution in [3.05, 3.63) is 95.9 Å². The normalized spacial score (nSPS) is 15.1. The molecule has 40 heavy (non-hydrogen) atoms. The summed E-state index contributed by atoms with van der Waals surface area (Å²) in [5.74, 6) is -0.622. The van der Waals surface area contributed by atoms with Crippen molar-refractivity contribution in [3.63, 3.8) is 0 Å². The van der Waals surface area contributed by atoms with Crippen LogP contribution in [0.15, 0.2) is 83.9 Å². The molecule has 0 atom stereocenters. The van der Waals surface area contributed by atoms with Crippen LogP contribution in [0.3, 0.4) is 0 Å². The molecular formula is C27H21F3N6O3S. The van der Waals surface area contributed by atoms with Crippen LogP contribution >= 0.6 is 10.8 Å². The zero-order valence-corrected chi connectivity index (χ0v) is 21.3. The van der Waals surface area contributed by atoms with Crippen molar-refractivity contribution in [1.82, 2.24) is 19.5 Å². The Morgan fingerprint density at radius 1 is 1.05 bits per heavy atom. The Morgan fingerprint density at radius 2 is 1.82 bits per heavy atom. The third kappa shape index (κ3) is 4.54. The van der Waals surface area contributed by atoms with Crippen molar-refractivity contribution in [2.75, 3.05) is 11.1 Å². The topological polar surface area (TPSA) is 138 Å². The molecule has 0 saturated carbocycles. The van der Waals surface area contributed by atoms with E-state index in [9.17, 15) is 27.1 Å². The van der Waals surface area contributed by atoms with E-state index in [4.69, 9.17) is 5.73 Å². The predicted molar refractivity (Wildman–Crippen MR) is 146 cm³/mol. The Kier molecular flexibility index (Phi) is 6.03. The second-order valence-electron chi connectivity index (χ2n) is 9.12. The number of amides is 1. The van der Waals surface area contributed by atoms with E-state index in [1.807, 2.05) is 6.07 Å². The second kappa shape index (κ2) is 9.34. The smallest absolute Gasteiger partial charge is 0.383 e. The SMILES string of the molecule is Nc1nccc2ccc(-n3nc(C(F)(F)F)cc3C(=O)Nc3ccc(-c4cccc5c4S(O)(O)NC5)cc3)cc12. The Labute approximate surface area is 226 Å². The maximum Gasteiger partial charge on any atom is 0.435 e. The number of fused-ring (bicyclic) bond motifs is 2. The minimum Gasteiger partial charge on any atom is -0.383 e. The number of nitrogens with two attached hydrogens (primary N) is 1. The Morgan fingerprint density at radius 3 is 2.58 bits per heavy atom. The van der Waals surface area contributed by atoms with E-state index < -0.39 is 28.6 Å². The summed E-state index contributed by atoms with van der Waals surface area (Å²) < 4.78 is 65.2. The number of hydrogen-bond acceptors (Lipinski definition) is 7. The van der Waals surface area contributed by atoms with Crippen LogP contribution in [0.2, 0.25) is 0 Å². The number of nitrogens with zero attached hydrogens (tertiary/aromatic N) is 3. The number of aromatic nitrogens is 3. The molecule has 6 rings (SSSR count). The van der Waals surface area contributed by atoms with Crippen molar-refractivity contribution in [1.29, 1.82) is 0 Å². The van der Waals surface area contributed by atoms with Crippen molar-refractivity contribution in [2.24, 2.45) is 0 Å². The third-order valence-corrected chi connectivity index (χ3v) is 8.15. The lowest BCUT2D eigenvalue weighted by atomic mass is 10.0. The second-order valence-corrected chi connectivity index (χ2v) is 10.9. The van der Waals surface area contributed by atoms with Gasteiger partial charge >= 0.3 is 6.18 Å². The van der Waals surface area contributed by atoms with Crippen LogP contribution in [0.1, 0.15) is 21.7 Å². The van der Waals surface area contributed by atoms with E-state index in [0.29, 0.717) is 39.7 Å². The number of nitrogen functional groups attached to an aromatic ring is 1. The van der Waals surface area contributed by atoms with Crippen molar-refractivity contribution < 1.29 is 27.1 Å². The lowest BCUT2D eigenvalue weighted by molar-refractivity contribution is -0.141. The monoisotopic (exact) mass is 566 g/mol. The van der Waals surface area contributed by atoms with Gasteiger partial charge in [-0.3, -0.25) is 13.9 Å². The highest BCUT2D eigenvalue weighted by Crippen LogP contribution is 2.54. The number of pyridine rings is 1. The number of carbonyl (C=O) groups excluding carboxylic acids is 1. The summed E-state index contributed by atoms with van der Waals surface area (Å²) in [4.78, 5) is 17.7. The van der Waals surface area contributed by atoms with Gasteiger partial charge in [0.05, 0.1) is 10.6 Å². The standard InChI is InChI=1S/C27H21F3N6O3S/c28-27(29,30)23-13-22(36(35-23)19-9-6-16-10-11-32-25(31)21(16)12-19)26(37)34-18-7-4-15(5-8-18)20-3-1-2-17-14-33-40(38,39)24(17)20/h1-13,33,38-39H,14H2,(H2,31,32)(H,34,37). The molecule has 0 unspecified atom stereocenters. The summed E-state index contributed by atoms with van der Waals surface area (Å²) in [7, 11) is -3.14. The minimum absolute atomic E-state index is 0.190. The van der Waals surface area contributed by atoms with Crippen LogP contribution in [-0.2, 0) is 12.7 Å². The molecule has 6 N–H and O–H groups in total. The Hall–Kier alpha value is -4.43. The van der Waals surface area contributed by atoms with Gasteiger partial charge in [-0.1, -0.05) is 36.4 Å². The van der Waals surface area contributed by atoms with Crippen LogP contribution in [-0.4, -0.2) is 29.8 Å². The van der Waals surface area contributed by atoms with E-state index >= 15 is 0 Å². The molecule has 0 fully saturated rings. The average Bonchev–Trinajstić information content (AvgIpc) is 3.51. The first-order valence-electron chi connectivity index (χ1n) is 11.9.